The third kappa shape index (κ3) is 3.50. The normalized spacial score (nSPS) is 9.91. The molecule has 2 rings (SSSR count). The summed E-state index contributed by atoms with van der Waals surface area (Å²) >= 11 is 0. The highest BCUT2D eigenvalue weighted by Gasteiger charge is 2.10. The van der Waals surface area contributed by atoms with Crippen molar-refractivity contribution in [3.8, 4) is 23.3 Å². The molecule has 0 aliphatic heterocycles. The van der Waals surface area contributed by atoms with Crippen LogP contribution in [0.15, 0.2) is 36.4 Å². The SMILES string of the molecule is COc1cccc(C#N)c1OCCOc1cccc(C)c1C. The lowest BCUT2D eigenvalue weighted by Crippen LogP contribution is -2.11. The number of hydrogen-bond acceptors (Lipinski definition) is 4. The monoisotopic (exact) mass is 297 g/mol. The van der Waals surface area contributed by atoms with Crippen LogP contribution < -0.4 is 14.2 Å². The molecule has 0 atom stereocenters. The first-order chi connectivity index (χ1) is 10.7. The van der Waals surface area contributed by atoms with Gasteiger partial charge in [-0.15, -0.1) is 0 Å². The van der Waals surface area contributed by atoms with E-state index in [2.05, 4.69) is 6.07 Å². The Balaban J connectivity index is 1.97. The molecular formula is C18H19NO3. The Labute approximate surface area is 130 Å². The second kappa shape index (κ2) is 7.37. The summed E-state index contributed by atoms with van der Waals surface area (Å²) in [5.41, 5.74) is 2.76. The van der Waals surface area contributed by atoms with Crippen molar-refractivity contribution in [2.45, 2.75) is 13.8 Å². The lowest BCUT2D eigenvalue weighted by molar-refractivity contribution is 0.210. The fourth-order valence-electron chi connectivity index (χ4n) is 2.09. The van der Waals surface area contributed by atoms with Crippen LogP contribution in [0.25, 0.3) is 0 Å². The largest absolute Gasteiger partial charge is 0.493 e. The number of methoxy groups -OCH3 is 1. The van der Waals surface area contributed by atoms with Gasteiger partial charge in [0.15, 0.2) is 11.5 Å². The molecule has 0 aliphatic carbocycles. The molecule has 0 radical (unpaired) electrons. The molecule has 2 aromatic rings. The molecule has 2 aromatic carbocycles. The lowest BCUT2D eigenvalue weighted by Gasteiger charge is -2.14. The van der Waals surface area contributed by atoms with E-state index in [-0.39, 0.29) is 0 Å². The highest BCUT2D eigenvalue weighted by Crippen LogP contribution is 2.30. The maximum absolute atomic E-state index is 9.12. The average molecular weight is 297 g/mol. The zero-order valence-electron chi connectivity index (χ0n) is 13.1. The van der Waals surface area contributed by atoms with Gasteiger partial charge in [0.1, 0.15) is 25.0 Å². The van der Waals surface area contributed by atoms with Gasteiger partial charge in [-0.1, -0.05) is 18.2 Å². The minimum Gasteiger partial charge on any atom is -0.493 e. The number of para-hydroxylation sites is 1. The van der Waals surface area contributed by atoms with Crippen molar-refractivity contribution in [1.29, 1.82) is 5.26 Å². The maximum atomic E-state index is 9.12. The van der Waals surface area contributed by atoms with Crippen molar-refractivity contribution in [2.24, 2.45) is 0 Å². The Hall–Kier alpha value is -2.67. The predicted octanol–water partition coefficient (Wildman–Crippen LogP) is 3.64. The van der Waals surface area contributed by atoms with Crippen LogP contribution in [0.4, 0.5) is 0 Å². The van der Waals surface area contributed by atoms with Crippen LogP contribution in [0.2, 0.25) is 0 Å². The third-order valence-electron chi connectivity index (χ3n) is 3.46. The molecule has 0 saturated heterocycles. The Morgan fingerprint density at radius 1 is 0.955 bits per heavy atom. The molecule has 0 unspecified atom stereocenters. The van der Waals surface area contributed by atoms with Crippen LogP contribution in [-0.2, 0) is 0 Å². The number of rotatable bonds is 6. The summed E-state index contributed by atoms with van der Waals surface area (Å²) in [5.74, 6) is 1.85. The Kier molecular flexibility index (Phi) is 5.26. The summed E-state index contributed by atoms with van der Waals surface area (Å²) < 4.78 is 16.6. The van der Waals surface area contributed by atoms with E-state index in [0.29, 0.717) is 30.3 Å². The minimum absolute atomic E-state index is 0.336. The Bertz CT molecular complexity index is 689. The highest BCUT2D eigenvalue weighted by atomic mass is 16.5. The van der Waals surface area contributed by atoms with Crippen LogP contribution in [0.1, 0.15) is 16.7 Å². The number of nitrogens with zero attached hydrogens (tertiary/aromatic N) is 1. The van der Waals surface area contributed by atoms with Crippen LogP contribution in [0.3, 0.4) is 0 Å². The molecule has 0 amide bonds. The van der Waals surface area contributed by atoms with Gasteiger partial charge in [-0.3, -0.25) is 0 Å². The summed E-state index contributed by atoms with van der Waals surface area (Å²) in [6.07, 6.45) is 0. The number of nitriles is 1. The first-order valence-corrected chi connectivity index (χ1v) is 7.06. The molecule has 0 fully saturated rings. The van der Waals surface area contributed by atoms with Crippen molar-refractivity contribution < 1.29 is 14.2 Å². The third-order valence-corrected chi connectivity index (χ3v) is 3.46. The summed E-state index contributed by atoms with van der Waals surface area (Å²) in [5, 5.41) is 9.12. The molecular weight excluding hydrogens is 278 g/mol. The quantitative estimate of drug-likeness (QED) is 0.764. The van der Waals surface area contributed by atoms with Gasteiger partial charge in [-0.25, -0.2) is 0 Å². The van der Waals surface area contributed by atoms with Crippen molar-refractivity contribution in [3.05, 3.63) is 53.1 Å². The summed E-state index contributed by atoms with van der Waals surface area (Å²) in [6, 6.07) is 13.3. The number of ether oxygens (including phenoxy) is 3. The molecule has 0 saturated carbocycles. The number of hydrogen-bond donors (Lipinski definition) is 0. The highest BCUT2D eigenvalue weighted by molar-refractivity contribution is 5.52. The standard InChI is InChI=1S/C18H19NO3/c1-13-6-4-8-16(14(13)2)21-10-11-22-18-15(12-19)7-5-9-17(18)20-3/h4-9H,10-11H2,1-3H3. The van der Waals surface area contributed by atoms with Gasteiger partial charge in [0.2, 0.25) is 0 Å². The van der Waals surface area contributed by atoms with E-state index in [4.69, 9.17) is 19.5 Å². The molecule has 114 valence electrons. The predicted molar refractivity (Wildman–Crippen MR) is 84.6 cm³/mol. The zero-order chi connectivity index (χ0) is 15.9. The summed E-state index contributed by atoms with van der Waals surface area (Å²) in [7, 11) is 1.55. The fourth-order valence-corrected chi connectivity index (χ4v) is 2.09. The summed E-state index contributed by atoms with van der Waals surface area (Å²) in [6.45, 7) is 4.81. The van der Waals surface area contributed by atoms with Crippen molar-refractivity contribution in [3.63, 3.8) is 0 Å². The summed E-state index contributed by atoms with van der Waals surface area (Å²) in [4.78, 5) is 0. The topological polar surface area (TPSA) is 51.5 Å². The molecule has 0 spiro atoms. The van der Waals surface area contributed by atoms with Crippen molar-refractivity contribution >= 4 is 0 Å². The van der Waals surface area contributed by atoms with Crippen LogP contribution >= 0.6 is 0 Å². The Morgan fingerprint density at radius 3 is 2.36 bits per heavy atom. The average Bonchev–Trinajstić information content (AvgIpc) is 2.55. The van der Waals surface area contributed by atoms with E-state index >= 15 is 0 Å². The van der Waals surface area contributed by atoms with Gasteiger partial charge >= 0.3 is 0 Å². The van der Waals surface area contributed by atoms with Gasteiger partial charge in [0.05, 0.1) is 12.7 Å². The second-order valence-electron chi connectivity index (χ2n) is 4.84. The maximum Gasteiger partial charge on any atom is 0.179 e. The van der Waals surface area contributed by atoms with Gasteiger partial charge in [0, 0.05) is 0 Å². The molecule has 22 heavy (non-hydrogen) atoms. The smallest absolute Gasteiger partial charge is 0.179 e. The van der Waals surface area contributed by atoms with Crippen molar-refractivity contribution in [1.82, 2.24) is 0 Å². The van der Waals surface area contributed by atoms with Crippen LogP contribution in [0, 0.1) is 25.2 Å². The van der Waals surface area contributed by atoms with Crippen LogP contribution in [0.5, 0.6) is 17.2 Å². The van der Waals surface area contributed by atoms with Crippen molar-refractivity contribution in [2.75, 3.05) is 20.3 Å². The van der Waals surface area contributed by atoms with Gasteiger partial charge in [-0.2, -0.15) is 5.26 Å². The molecule has 0 N–H and O–H groups in total. The van der Waals surface area contributed by atoms with E-state index in [1.165, 1.54) is 5.56 Å². The van der Waals surface area contributed by atoms with E-state index in [9.17, 15) is 0 Å². The molecule has 0 aromatic heterocycles. The van der Waals surface area contributed by atoms with Gasteiger partial charge in [0.25, 0.3) is 0 Å². The molecule has 4 nitrogen and oxygen atoms in total. The van der Waals surface area contributed by atoms with Gasteiger partial charge in [-0.05, 0) is 43.2 Å². The zero-order valence-corrected chi connectivity index (χ0v) is 13.1. The van der Waals surface area contributed by atoms with E-state index in [1.54, 1.807) is 25.3 Å². The lowest BCUT2D eigenvalue weighted by atomic mass is 10.1. The second-order valence-corrected chi connectivity index (χ2v) is 4.84. The van der Waals surface area contributed by atoms with E-state index in [0.717, 1.165) is 11.3 Å². The first-order valence-electron chi connectivity index (χ1n) is 7.06. The van der Waals surface area contributed by atoms with Gasteiger partial charge < -0.3 is 14.2 Å². The first kappa shape index (κ1) is 15.7. The minimum atomic E-state index is 0.336. The molecule has 0 heterocycles. The molecule has 0 aliphatic rings. The number of aryl methyl sites for hydroxylation is 1. The van der Waals surface area contributed by atoms with E-state index in [1.807, 2.05) is 32.0 Å². The molecule has 0 bridgehead atoms. The molecule has 4 heteroatoms. The fraction of sp³-hybridized carbons (Fsp3) is 0.278. The van der Waals surface area contributed by atoms with E-state index < -0.39 is 0 Å². The Morgan fingerprint density at radius 2 is 1.64 bits per heavy atom. The van der Waals surface area contributed by atoms with Crippen LogP contribution in [-0.4, -0.2) is 20.3 Å². The number of benzene rings is 2.